The Kier molecular flexibility index (Phi) is 24.0. The van der Waals surface area contributed by atoms with Crippen molar-refractivity contribution in [3.63, 3.8) is 0 Å². The van der Waals surface area contributed by atoms with Crippen molar-refractivity contribution in [2.45, 2.75) is 117 Å². The van der Waals surface area contributed by atoms with Gasteiger partial charge in [-0.3, -0.25) is 48.3 Å². The molecule has 4 atom stereocenters. The van der Waals surface area contributed by atoms with E-state index in [9.17, 15) is 46.8 Å². The van der Waals surface area contributed by atoms with E-state index < -0.39 is 39.3 Å². The molecule has 2 aliphatic heterocycles. The van der Waals surface area contributed by atoms with Gasteiger partial charge in [-0.05, 0) is 123 Å². The summed E-state index contributed by atoms with van der Waals surface area (Å²) >= 11 is 1.41. The molecule has 2 aliphatic carbocycles. The summed E-state index contributed by atoms with van der Waals surface area (Å²) in [5, 5.41) is 22.0. The van der Waals surface area contributed by atoms with Gasteiger partial charge in [0.05, 0.1) is 80.6 Å². The minimum Gasteiger partial charge on any atom is -0.476 e. The van der Waals surface area contributed by atoms with Crippen LogP contribution in [0.2, 0.25) is 0 Å². The summed E-state index contributed by atoms with van der Waals surface area (Å²) < 4.78 is 65.7. The molecule has 4 N–H and O–H groups in total. The molecule has 4 amide bonds. The summed E-state index contributed by atoms with van der Waals surface area (Å²) in [4.78, 5) is 89.2. The smallest absolute Gasteiger partial charge is 0.355 e. The summed E-state index contributed by atoms with van der Waals surface area (Å²) in [5.41, 5.74) is 4.35. The molecule has 24 nitrogen and oxygen atoms in total. The number of benzene rings is 2. The molecule has 3 aromatic heterocycles. The van der Waals surface area contributed by atoms with Gasteiger partial charge in [0, 0.05) is 106 Å². The SMILES string of the molecule is Cc1c(-c2ccc(N3CCc4cccc(C(=O)Nc5nc6ccccc6s5)c4C3)nc2C(=O)O)cnn1CC1(C)CC2(C)CC(C)CC(OCCN(CCCNC(=O)CCOCCOCCOCCOCCCC(=O)CCN3C(=O)C=CC3=O)CCS(=O)(=O)O)(C2)C1. The fraction of sp³-hybridized carbons (Fsp3) is 0.561. The average molecular weight is 1310 g/mol. The lowest BCUT2D eigenvalue weighted by atomic mass is 9.51. The molecule has 2 aromatic carbocycles. The van der Waals surface area contributed by atoms with Gasteiger partial charge < -0.3 is 39.0 Å². The van der Waals surface area contributed by atoms with E-state index in [1.807, 2.05) is 69.9 Å². The number of nitrogens with zero attached hydrogens (tertiary/aromatic N) is 7. The number of ether oxygens (including phenoxy) is 5. The quantitative estimate of drug-likeness (QED) is 0.0169. The molecule has 2 fully saturated rings. The third-order valence-electron chi connectivity index (χ3n) is 17.6. The predicted molar refractivity (Wildman–Crippen MR) is 346 cm³/mol. The molecule has 2 bridgehead atoms. The lowest BCUT2D eigenvalue weighted by Gasteiger charge is -2.59. The lowest BCUT2D eigenvalue weighted by Crippen LogP contribution is -2.55. The molecule has 0 spiro atoms. The monoisotopic (exact) mass is 1310 g/mol. The Bertz CT molecular complexity index is 3530. The number of amides is 4. The van der Waals surface area contributed by atoms with Gasteiger partial charge in [0.25, 0.3) is 27.8 Å². The average Bonchev–Trinajstić information content (AvgIpc) is 0.838. The fourth-order valence-electron chi connectivity index (χ4n) is 14.1. The number of carbonyl (C=O) groups is 6. The van der Waals surface area contributed by atoms with Crippen LogP contribution in [0.3, 0.4) is 0 Å². The second kappa shape index (κ2) is 31.8. The first kappa shape index (κ1) is 69.5. The molecule has 26 heteroatoms. The fourth-order valence-corrected chi connectivity index (χ4v) is 15.5. The van der Waals surface area contributed by atoms with Gasteiger partial charge in [-0.2, -0.15) is 13.5 Å². The molecular formula is C66H87N9O15S2. The summed E-state index contributed by atoms with van der Waals surface area (Å²) in [5.74, 6) is -1.97. The van der Waals surface area contributed by atoms with Crippen LogP contribution in [0.25, 0.3) is 21.3 Å². The summed E-state index contributed by atoms with van der Waals surface area (Å²) in [6.45, 7) is 14.8. The van der Waals surface area contributed by atoms with Gasteiger partial charge in [0.1, 0.15) is 11.6 Å². The first-order valence-electron chi connectivity index (χ1n) is 31.8. The van der Waals surface area contributed by atoms with Crippen LogP contribution in [0, 0.1) is 23.7 Å². The van der Waals surface area contributed by atoms with E-state index in [1.165, 1.54) is 23.5 Å². The largest absolute Gasteiger partial charge is 0.476 e. The van der Waals surface area contributed by atoms with Crippen LogP contribution in [0.5, 0.6) is 0 Å². The number of thiazole rings is 1. The zero-order chi connectivity index (χ0) is 65.5. The maximum atomic E-state index is 13.8. The first-order valence-corrected chi connectivity index (χ1v) is 34.2. The minimum atomic E-state index is -4.24. The number of aromatic carboxylic acids is 1. The zero-order valence-electron chi connectivity index (χ0n) is 53.2. The standard InChI is InChI=1S/C66H87N9O15S2/c1-46-38-64(3)42-65(4,45-75-47(2)52(40-68-75)50-15-16-56(70-60(50)62(81)82)73-24-19-48-10-7-12-51(53(48)41-73)61(80)71-63-69-54-13-5-6-14-55(54)91-63)44-66(39-46,43-64)90-30-26-72(27-37-92(83,84)85)23-9-22-67-57(77)21-29-87-32-34-89-36-35-88-33-31-86-28-8-11-49(76)20-25-74-58(78)17-18-59(74)79/h5-7,10,12-18,40,46H,8-9,11,19-39,41-45H2,1-4H3,(H,67,77)(H,81,82)(H,69,71,80)(H,83,84,85). The Labute approximate surface area is 541 Å². The molecule has 4 unspecified atom stereocenters. The highest BCUT2D eigenvalue weighted by Gasteiger charge is 2.55. The zero-order valence-corrected chi connectivity index (χ0v) is 54.8. The summed E-state index contributed by atoms with van der Waals surface area (Å²) in [6.07, 6.45) is 10.9. The highest BCUT2D eigenvalue weighted by Crippen LogP contribution is 2.60. The number of ketones is 1. The number of para-hydroxylation sites is 1. The van der Waals surface area contributed by atoms with Gasteiger partial charge in [-0.1, -0.05) is 56.4 Å². The Morgan fingerprint density at radius 3 is 2.25 bits per heavy atom. The van der Waals surface area contributed by atoms with Crippen molar-refractivity contribution in [3.8, 4) is 11.1 Å². The first-order chi connectivity index (χ1) is 44.1. The minimum absolute atomic E-state index is 0.0334. The molecule has 5 heterocycles. The molecule has 498 valence electrons. The van der Waals surface area contributed by atoms with E-state index in [0.29, 0.717) is 151 Å². The van der Waals surface area contributed by atoms with Crippen molar-refractivity contribution in [2.75, 3.05) is 115 Å². The van der Waals surface area contributed by atoms with Gasteiger partial charge in [0.2, 0.25) is 5.91 Å². The number of Topliss-reactive ketones (excluding diaryl/α,β-unsaturated/α-hetero) is 1. The third kappa shape index (κ3) is 19.4. The van der Waals surface area contributed by atoms with Crippen molar-refractivity contribution in [2.24, 2.45) is 16.7 Å². The number of hydrogen-bond acceptors (Lipinski definition) is 19. The molecule has 5 aromatic rings. The highest BCUT2D eigenvalue weighted by molar-refractivity contribution is 7.85. The van der Waals surface area contributed by atoms with E-state index in [4.69, 9.17) is 33.8 Å². The van der Waals surface area contributed by atoms with Crippen molar-refractivity contribution in [1.29, 1.82) is 0 Å². The molecule has 0 radical (unpaired) electrons. The molecule has 2 saturated carbocycles. The van der Waals surface area contributed by atoms with E-state index in [-0.39, 0.29) is 66.7 Å². The maximum absolute atomic E-state index is 13.8. The van der Waals surface area contributed by atoms with Crippen LogP contribution in [0.1, 0.15) is 123 Å². The number of nitrogens with one attached hydrogen (secondary N) is 2. The Balaban J connectivity index is 0.697. The van der Waals surface area contributed by atoms with Crippen LogP contribution in [-0.2, 0) is 72.5 Å². The van der Waals surface area contributed by atoms with E-state index >= 15 is 0 Å². The van der Waals surface area contributed by atoms with Crippen LogP contribution < -0.4 is 15.5 Å². The van der Waals surface area contributed by atoms with Gasteiger partial charge in [0.15, 0.2) is 10.8 Å². The number of rotatable bonds is 37. The molecule has 92 heavy (non-hydrogen) atoms. The number of carboxylic acid groups (broad SMARTS) is 1. The normalized spacial score (nSPS) is 20.5. The van der Waals surface area contributed by atoms with Gasteiger partial charge >= 0.3 is 5.97 Å². The van der Waals surface area contributed by atoms with Gasteiger partial charge in [-0.25, -0.2) is 14.8 Å². The lowest BCUT2D eigenvalue weighted by molar-refractivity contribution is -0.179. The number of anilines is 2. The van der Waals surface area contributed by atoms with Crippen molar-refractivity contribution in [3.05, 3.63) is 101 Å². The molecular weight excluding hydrogens is 1220 g/mol. The molecule has 0 saturated heterocycles. The summed E-state index contributed by atoms with van der Waals surface area (Å²) in [7, 11) is -4.24. The second-order valence-corrected chi connectivity index (χ2v) is 28.1. The number of carboxylic acids is 1. The number of fused-ring (bicyclic) bond motifs is 4. The number of hydrogen-bond donors (Lipinski definition) is 4. The molecule has 4 aliphatic rings. The van der Waals surface area contributed by atoms with Gasteiger partial charge in [-0.15, -0.1) is 0 Å². The third-order valence-corrected chi connectivity index (χ3v) is 19.2. The van der Waals surface area contributed by atoms with Crippen LogP contribution in [0.15, 0.2) is 72.9 Å². The highest BCUT2D eigenvalue weighted by atomic mass is 32.2. The maximum Gasteiger partial charge on any atom is 0.355 e. The van der Waals surface area contributed by atoms with Crippen molar-refractivity contribution >= 4 is 78.0 Å². The Hall–Kier alpha value is -6.88. The Morgan fingerprint density at radius 1 is 0.793 bits per heavy atom. The topological polar surface area (TPSA) is 301 Å². The van der Waals surface area contributed by atoms with Crippen LogP contribution in [-0.4, -0.2) is 193 Å². The van der Waals surface area contributed by atoms with E-state index in [1.54, 1.807) is 12.3 Å². The van der Waals surface area contributed by atoms with Crippen LogP contribution in [0.4, 0.5) is 10.9 Å². The summed E-state index contributed by atoms with van der Waals surface area (Å²) in [6, 6.07) is 17.1. The number of carbonyl (C=O) groups excluding carboxylic acids is 5. The predicted octanol–water partition coefficient (Wildman–Crippen LogP) is 7.58. The van der Waals surface area contributed by atoms with E-state index in [0.717, 1.165) is 64.0 Å². The Morgan fingerprint density at radius 2 is 1.52 bits per heavy atom. The van der Waals surface area contributed by atoms with Crippen molar-refractivity contribution < 1.29 is 70.5 Å². The second-order valence-electron chi connectivity index (χ2n) is 25.5. The number of aromatic nitrogens is 4. The van der Waals surface area contributed by atoms with Crippen molar-refractivity contribution in [1.82, 2.24) is 34.9 Å². The van der Waals surface area contributed by atoms with Crippen LogP contribution >= 0.6 is 11.3 Å². The number of pyridine rings is 1. The number of imide groups is 1. The van der Waals surface area contributed by atoms with E-state index in [2.05, 4.69) is 36.4 Å². The molecule has 9 rings (SSSR count).